The van der Waals surface area contributed by atoms with E-state index in [9.17, 15) is 9.59 Å². The van der Waals surface area contributed by atoms with Crippen molar-refractivity contribution in [2.75, 3.05) is 6.61 Å². The number of amides is 1. The number of nitrogens with one attached hydrogen (secondary N) is 1. The van der Waals surface area contributed by atoms with Gasteiger partial charge in [-0.1, -0.05) is 18.2 Å². The molecule has 2 unspecified atom stereocenters. The number of hydrogen-bond donors (Lipinski definition) is 2. The average Bonchev–Trinajstić information content (AvgIpc) is 2.36. The van der Waals surface area contributed by atoms with E-state index in [1.165, 1.54) is 0 Å². The van der Waals surface area contributed by atoms with Gasteiger partial charge in [0, 0.05) is 6.04 Å². The molecular formula is C13H17NO4. The largest absolute Gasteiger partial charge is 0.484 e. The summed E-state index contributed by atoms with van der Waals surface area (Å²) in [6, 6.07) is 8.52. The van der Waals surface area contributed by atoms with Crippen molar-refractivity contribution in [1.29, 1.82) is 0 Å². The van der Waals surface area contributed by atoms with E-state index < -0.39 is 17.9 Å². The normalized spacial score (nSPS) is 13.4. The molecule has 5 heteroatoms. The van der Waals surface area contributed by atoms with Crippen molar-refractivity contribution in [2.45, 2.75) is 19.9 Å². The number of carboxylic acid groups (broad SMARTS) is 1. The Bertz CT molecular complexity index is 405. The van der Waals surface area contributed by atoms with Gasteiger partial charge in [-0.05, 0) is 26.0 Å². The second kappa shape index (κ2) is 6.64. The van der Waals surface area contributed by atoms with Gasteiger partial charge >= 0.3 is 5.97 Å². The molecule has 5 nitrogen and oxygen atoms in total. The third-order valence-corrected chi connectivity index (χ3v) is 2.64. The van der Waals surface area contributed by atoms with Crippen LogP contribution in [0.1, 0.15) is 13.8 Å². The Hall–Kier alpha value is -2.04. The second-order valence-corrected chi connectivity index (χ2v) is 4.08. The van der Waals surface area contributed by atoms with Crippen molar-refractivity contribution < 1.29 is 19.4 Å². The highest BCUT2D eigenvalue weighted by molar-refractivity contribution is 5.79. The third kappa shape index (κ3) is 4.45. The zero-order valence-corrected chi connectivity index (χ0v) is 10.4. The summed E-state index contributed by atoms with van der Waals surface area (Å²) in [5, 5.41) is 11.4. The van der Waals surface area contributed by atoms with E-state index in [4.69, 9.17) is 9.84 Å². The molecule has 0 aliphatic heterocycles. The number of carbonyl (C=O) groups excluding carboxylic acids is 1. The summed E-state index contributed by atoms with van der Waals surface area (Å²) >= 11 is 0. The lowest BCUT2D eigenvalue weighted by Crippen LogP contribution is -2.42. The molecular weight excluding hydrogens is 234 g/mol. The van der Waals surface area contributed by atoms with Crippen molar-refractivity contribution in [3.05, 3.63) is 30.3 Å². The summed E-state index contributed by atoms with van der Waals surface area (Å²) in [6.07, 6.45) is 0. The van der Waals surface area contributed by atoms with E-state index >= 15 is 0 Å². The van der Waals surface area contributed by atoms with Gasteiger partial charge in [0.2, 0.25) is 0 Å². The summed E-state index contributed by atoms with van der Waals surface area (Å²) < 4.78 is 5.25. The van der Waals surface area contributed by atoms with Gasteiger partial charge in [0.25, 0.3) is 5.91 Å². The molecule has 98 valence electrons. The van der Waals surface area contributed by atoms with Crippen LogP contribution in [-0.4, -0.2) is 29.6 Å². The number of para-hydroxylation sites is 1. The SMILES string of the molecule is CC(NC(=O)COc1ccccc1)C(C)C(=O)O. The Morgan fingerprint density at radius 2 is 1.89 bits per heavy atom. The van der Waals surface area contributed by atoms with Crippen molar-refractivity contribution >= 4 is 11.9 Å². The molecule has 0 aromatic heterocycles. The lowest BCUT2D eigenvalue weighted by molar-refractivity contribution is -0.142. The first-order valence-electron chi connectivity index (χ1n) is 5.70. The van der Waals surface area contributed by atoms with E-state index in [2.05, 4.69) is 5.32 Å². The van der Waals surface area contributed by atoms with Gasteiger partial charge in [-0.15, -0.1) is 0 Å². The molecule has 0 radical (unpaired) electrons. The standard InChI is InChI=1S/C13H17NO4/c1-9(13(16)17)10(2)14-12(15)8-18-11-6-4-3-5-7-11/h3-7,9-10H,8H2,1-2H3,(H,14,15)(H,16,17). The van der Waals surface area contributed by atoms with E-state index in [0.29, 0.717) is 5.75 Å². The van der Waals surface area contributed by atoms with Gasteiger partial charge in [0.05, 0.1) is 5.92 Å². The van der Waals surface area contributed by atoms with E-state index in [1.807, 2.05) is 18.2 Å². The zero-order valence-electron chi connectivity index (χ0n) is 10.4. The first kappa shape index (κ1) is 14.0. The zero-order chi connectivity index (χ0) is 13.5. The summed E-state index contributed by atoms with van der Waals surface area (Å²) in [5.41, 5.74) is 0. The molecule has 0 fully saturated rings. The van der Waals surface area contributed by atoms with Crippen LogP contribution in [0.15, 0.2) is 30.3 Å². The van der Waals surface area contributed by atoms with Gasteiger partial charge in [0.1, 0.15) is 5.75 Å². The molecule has 0 aliphatic carbocycles. The van der Waals surface area contributed by atoms with Crippen LogP contribution < -0.4 is 10.1 Å². The lowest BCUT2D eigenvalue weighted by atomic mass is 10.0. The van der Waals surface area contributed by atoms with Crippen LogP contribution in [0.25, 0.3) is 0 Å². The minimum absolute atomic E-state index is 0.124. The highest BCUT2D eigenvalue weighted by Gasteiger charge is 2.20. The number of aliphatic carboxylic acids is 1. The van der Waals surface area contributed by atoms with Gasteiger partial charge < -0.3 is 15.2 Å². The topological polar surface area (TPSA) is 75.6 Å². The maximum Gasteiger partial charge on any atom is 0.308 e. The summed E-state index contributed by atoms with van der Waals surface area (Å²) in [6.45, 7) is 3.07. The molecule has 2 N–H and O–H groups in total. The Kier molecular flexibility index (Phi) is 5.17. The molecule has 1 aromatic carbocycles. The number of rotatable bonds is 6. The fraction of sp³-hybridized carbons (Fsp3) is 0.385. The van der Waals surface area contributed by atoms with Crippen molar-refractivity contribution in [2.24, 2.45) is 5.92 Å². The van der Waals surface area contributed by atoms with Crippen LogP contribution in [0.5, 0.6) is 5.75 Å². The molecule has 0 heterocycles. The van der Waals surface area contributed by atoms with E-state index in [1.54, 1.807) is 26.0 Å². The van der Waals surface area contributed by atoms with Crippen LogP contribution in [0, 0.1) is 5.92 Å². The highest BCUT2D eigenvalue weighted by atomic mass is 16.5. The smallest absolute Gasteiger partial charge is 0.308 e. The van der Waals surface area contributed by atoms with Gasteiger partial charge in [0.15, 0.2) is 6.61 Å². The maximum atomic E-state index is 11.5. The number of carboxylic acids is 1. The number of ether oxygens (including phenoxy) is 1. The third-order valence-electron chi connectivity index (χ3n) is 2.64. The minimum Gasteiger partial charge on any atom is -0.484 e. The number of hydrogen-bond acceptors (Lipinski definition) is 3. The van der Waals surface area contributed by atoms with Crippen LogP contribution >= 0.6 is 0 Å². The molecule has 0 aliphatic rings. The molecule has 18 heavy (non-hydrogen) atoms. The van der Waals surface area contributed by atoms with E-state index in [0.717, 1.165) is 0 Å². The van der Waals surface area contributed by atoms with Gasteiger partial charge in [-0.25, -0.2) is 0 Å². The fourth-order valence-corrected chi connectivity index (χ4v) is 1.30. The molecule has 0 bridgehead atoms. The average molecular weight is 251 g/mol. The van der Waals surface area contributed by atoms with Crippen LogP contribution in [0.4, 0.5) is 0 Å². The predicted molar refractivity (Wildman–Crippen MR) is 66.3 cm³/mol. The molecule has 0 saturated heterocycles. The first-order chi connectivity index (χ1) is 8.50. The summed E-state index contributed by atoms with van der Waals surface area (Å²) in [4.78, 5) is 22.2. The molecule has 1 rings (SSSR count). The molecule has 0 saturated carbocycles. The van der Waals surface area contributed by atoms with Crippen LogP contribution in [-0.2, 0) is 9.59 Å². The van der Waals surface area contributed by atoms with Gasteiger partial charge in [-0.2, -0.15) is 0 Å². The lowest BCUT2D eigenvalue weighted by Gasteiger charge is -2.17. The molecule has 1 aromatic rings. The molecule has 2 atom stereocenters. The first-order valence-corrected chi connectivity index (χ1v) is 5.70. The number of carbonyl (C=O) groups is 2. The minimum atomic E-state index is -0.938. The molecule has 1 amide bonds. The Morgan fingerprint density at radius 1 is 1.28 bits per heavy atom. The highest BCUT2D eigenvalue weighted by Crippen LogP contribution is 2.08. The van der Waals surface area contributed by atoms with Crippen molar-refractivity contribution in [3.63, 3.8) is 0 Å². The van der Waals surface area contributed by atoms with Gasteiger partial charge in [-0.3, -0.25) is 9.59 Å². The monoisotopic (exact) mass is 251 g/mol. The second-order valence-electron chi connectivity index (χ2n) is 4.08. The number of benzene rings is 1. The fourth-order valence-electron chi connectivity index (χ4n) is 1.30. The molecule has 0 spiro atoms. The van der Waals surface area contributed by atoms with Crippen molar-refractivity contribution in [3.8, 4) is 5.75 Å². The van der Waals surface area contributed by atoms with Crippen LogP contribution in [0.3, 0.4) is 0 Å². The Labute approximate surface area is 106 Å². The Balaban J connectivity index is 2.36. The summed E-state index contributed by atoms with van der Waals surface area (Å²) in [5.74, 6) is -1.30. The maximum absolute atomic E-state index is 11.5. The van der Waals surface area contributed by atoms with Crippen molar-refractivity contribution in [1.82, 2.24) is 5.32 Å². The van der Waals surface area contributed by atoms with Crippen LogP contribution in [0.2, 0.25) is 0 Å². The Morgan fingerprint density at radius 3 is 2.44 bits per heavy atom. The quantitative estimate of drug-likeness (QED) is 0.798. The summed E-state index contributed by atoms with van der Waals surface area (Å²) in [7, 11) is 0. The predicted octanol–water partition coefficient (Wildman–Crippen LogP) is 1.29. The van der Waals surface area contributed by atoms with E-state index in [-0.39, 0.29) is 12.5 Å².